The van der Waals surface area contributed by atoms with Gasteiger partial charge < -0.3 is 38.5 Å². The molecular formula is C81H87ClF7N23O8. The van der Waals surface area contributed by atoms with E-state index in [1.54, 1.807) is 90.7 Å². The fourth-order valence-electron chi connectivity index (χ4n) is 11.5. The molecule has 120 heavy (non-hydrogen) atoms. The zero-order valence-electron chi connectivity index (χ0n) is 67.4. The predicted octanol–water partition coefficient (Wildman–Crippen LogP) is 13.3. The van der Waals surface area contributed by atoms with Crippen molar-refractivity contribution in [1.82, 2.24) is 114 Å². The number of carbonyl (C=O) groups is 4. The molecule has 0 saturated carbocycles. The van der Waals surface area contributed by atoms with Crippen LogP contribution >= 0.6 is 11.6 Å². The largest absolute Gasteiger partial charge is 0.475 e. The number of rotatable bonds is 31. The Bertz CT molecular complexity index is 5240. The normalized spacial score (nSPS) is 12.3. The van der Waals surface area contributed by atoms with Gasteiger partial charge in [-0.25, -0.2) is 75.6 Å². The van der Waals surface area contributed by atoms with Gasteiger partial charge >= 0.3 is 0 Å². The van der Waals surface area contributed by atoms with Crippen molar-refractivity contribution >= 4 is 35.2 Å². The lowest BCUT2D eigenvalue weighted by atomic mass is 10.1. The monoisotopic (exact) mass is 1680 g/mol. The topological polar surface area (TPSA) is 339 Å². The zero-order valence-corrected chi connectivity index (χ0v) is 68.2. The van der Waals surface area contributed by atoms with E-state index in [4.69, 9.17) is 30.5 Å². The molecule has 4 atom stereocenters. The summed E-state index contributed by atoms with van der Waals surface area (Å²) in [6.07, 6.45) is 24.1. The molecule has 39 heteroatoms. The molecule has 0 bridgehead atoms. The van der Waals surface area contributed by atoms with Crippen LogP contribution in [0.1, 0.15) is 140 Å². The highest BCUT2D eigenvalue weighted by Crippen LogP contribution is 2.31. The summed E-state index contributed by atoms with van der Waals surface area (Å²) in [6.45, 7) is 21.3. The smallest absolute Gasteiger partial charge is 0.275 e. The highest BCUT2D eigenvalue weighted by atomic mass is 35.5. The summed E-state index contributed by atoms with van der Waals surface area (Å²) < 4.78 is 116. The molecule has 0 fully saturated rings. The summed E-state index contributed by atoms with van der Waals surface area (Å²) >= 11 is 6.07. The van der Waals surface area contributed by atoms with E-state index in [0.717, 1.165) is 57.2 Å². The first-order valence-corrected chi connectivity index (χ1v) is 38.0. The van der Waals surface area contributed by atoms with E-state index in [1.807, 2.05) is 53.7 Å². The van der Waals surface area contributed by atoms with E-state index in [-0.39, 0.29) is 118 Å². The molecule has 12 aromatic heterocycles. The lowest BCUT2D eigenvalue weighted by molar-refractivity contribution is 0.0163. The van der Waals surface area contributed by atoms with Gasteiger partial charge in [0, 0.05) is 150 Å². The number of alkyl halides is 6. The van der Waals surface area contributed by atoms with E-state index in [1.165, 1.54) is 111 Å². The summed E-state index contributed by atoms with van der Waals surface area (Å²) in [7, 11) is 0. The molecule has 0 N–H and O–H groups in total. The van der Waals surface area contributed by atoms with Crippen LogP contribution in [0.25, 0.3) is 28.7 Å². The number of carbonyl (C=O) groups excluding carboxylic acids is 4. The number of hydrogen-bond donors (Lipinski definition) is 0. The lowest BCUT2D eigenvalue weighted by Crippen LogP contribution is -2.42. The van der Waals surface area contributed by atoms with E-state index in [0.29, 0.717) is 66.3 Å². The number of amides is 4. The van der Waals surface area contributed by atoms with E-state index >= 15 is 0 Å². The Morgan fingerprint density at radius 3 is 1.23 bits per heavy atom. The first-order chi connectivity index (χ1) is 57.3. The summed E-state index contributed by atoms with van der Waals surface area (Å²) in [5.41, 5.74) is 2.60. The molecule has 31 nitrogen and oxygen atoms in total. The third-order valence-electron chi connectivity index (χ3n) is 17.9. The number of aromatic nitrogens is 19. The van der Waals surface area contributed by atoms with Crippen LogP contribution in [0.3, 0.4) is 0 Å². The second-order valence-corrected chi connectivity index (χ2v) is 27.3. The summed E-state index contributed by atoms with van der Waals surface area (Å²) in [4.78, 5) is 104. The quantitative estimate of drug-likeness (QED) is 0.0364. The molecule has 4 amide bonds. The van der Waals surface area contributed by atoms with Crippen molar-refractivity contribution in [2.24, 2.45) is 0 Å². The minimum absolute atomic E-state index is 0.0255. The van der Waals surface area contributed by atoms with Gasteiger partial charge in [0.25, 0.3) is 41.4 Å². The average molecular weight is 1680 g/mol. The van der Waals surface area contributed by atoms with E-state index in [2.05, 4.69) is 80.4 Å². The molecular weight excluding hydrogens is 1590 g/mol. The van der Waals surface area contributed by atoms with Crippen molar-refractivity contribution in [2.45, 2.75) is 125 Å². The maximum Gasteiger partial charge on any atom is 0.275 e. The van der Waals surface area contributed by atoms with Gasteiger partial charge in [-0.1, -0.05) is 17.7 Å². The van der Waals surface area contributed by atoms with Crippen molar-refractivity contribution < 1.29 is 68.9 Å². The number of halogens is 8. The second-order valence-electron chi connectivity index (χ2n) is 26.9. The van der Waals surface area contributed by atoms with Gasteiger partial charge in [0.05, 0.1) is 89.3 Å². The van der Waals surface area contributed by atoms with Gasteiger partial charge in [-0.15, -0.1) is 9.59 Å². The summed E-state index contributed by atoms with van der Waals surface area (Å²) in [6, 6.07) is 19.8. The molecule has 0 spiro atoms. The number of pyridine rings is 8. The van der Waals surface area contributed by atoms with Gasteiger partial charge in [0.15, 0.2) is 17.3 Å². The number of aryl methyl sites for hydroxylation is 1. The van der Waals surface area contributed by atoms with Crippen molar-refractivity contribution in [2.75, 3.05) is 52.6 Å². The Balaban J connectivity index is 0.000000182. The second kappa shape index (κ2) is 42.1. The summed E-state index contributed by atoms with van der Waals surface area (Å²) in [5.74, 6) is -9.29. The van der Waals surface area contributed by atoms with Crippen LogP contribution in [0, 0.1) is 12.7 Å². The molecule has 0 unspecified atom stereocenters. The number of hydrogen-bond acceptors (Lipinski definition) is 24. The van der Waals surface area contributed by atoms with Crippen LogP contribution in [0.5, 0.6) is 23.5 Å². The molecule has 0 aliphatic carbocycles. The van der Waals surface area contributed by atoms with Crippen molar-refractivity contribution in [3.8, 4) is 52.2 Å². The van der Waals surface area contributed by atoms with Crippen LogP contribution in [0.2, 0.25) is 5.02 Å². The van der Waals surface area contributed by atoms with Crippen molar-refractivity contribution in [3.05, 3.63) is 246 Å². The van der Waals surface area contributed by atoms with Crippen LogP contribution < -0.4 is 18.9 Å². The Morgan fingerprint density at radius 1 is 0.408 bits per heavy atom. The number of likely N-dealkylation sites (N-methyl/N-ethyl adjacent to an activating group) is 4. The van der Waals surface area contributed by atoms with E-state index < -0.39 is 35.5 Å². The average Bonchev–Trinajstić information content (AvgIpc) is 1.19. The van der Waals surface area contributed by atoms with Gasteiger partial charge in [0.1, 0.15) is 49.3 Å². The maximum atomic E-state index is 13.9. The highest BCUT2D eigenvalue weighted by Gasteiger charge is 2.32. The molecule has 0 aliphatic heterocycles. The van der Waals surface area contributed by atoms with Crippen LogP contribution in [0.4, 0.5) is 30.7 Å². The zero-order chi connectivity index (χ0) is 86.8. The molecule has 12 aromatic rings. The Hall–Kier alpha value is -13.4. The highest BCUT2D eigenvalue weighted by molar-refractivity contribution is 6.31. The van der Waals surface area contributed by atoms with E-state index in [9.17, 15) is 49.9 Å². The fraction of sp³-hybridized carbons (Fsp3) is 0.333. The molecule has 12 heterocycles. The molecule has 0 radical (unpaired) electrons. The van der Waals surface area contributed by atoms with Gasteiger partial charge in [-0.05, 0) is 122 Å². The van der Waals surface area contributed by atoms with Crippen LogP contribution in [0.15, 0.2) is 190 Å². The number of ether oxygens (including phenoxy) is 4. The predicted molar refractivity (Wildman–Crippen MR) is 425 cm³/mol. The third-order valence-corrected chi connectivity index (χ3v) is 18.1. The van der Waals surface area contributed by atoms with Gasteiger partial charge in [-0.3, -0.25) is 24.2 Å². The van der Waals surface area contributed by atoms with Gasteiger partial charge in [0.2, 0.25) is 23.5 Å². The molecule has 12 rings (SSSR count). The maximum absolute atomic E-state index is 13.9. The standard InChI is InChI=1S/C22H22F3N5O2.C20H21ClF2N6O2.C20H22F2N6O2.C19H22N6O2/c1-4-30(14(2)13-32-18-7-6-15(11-28-18)22(3,24)25)21(31)17-10-16(23)12-29-19(17)20-26-8-5-9-27-20;1-4-28(13(2)12-31-17-6-5-14(10-24-17)20(3,22)23)19(30)16-9-15(21)11-25-18(16)29-26-7-8-27-29;1-4-27(14(2)13-30-18-6-5-15(11-24-18)20(3,21)22)19(29)16-12-23-8-7-17(16)28-25-9-10-26-28;1-4-24(15(3)13-27-17-8-7-14(2)12-21-17)19(26)18-16(6-5-9-20-18)25-22-10-11-23-25/h5-12,14H,4,13H2,1-3H3;5-11,13H,4,12H2,1-3H3;5-12,14H,4,13H2,1-3H3;5-12,15H,4,13H2,1-3H3/t14-;13-;14-;15-/m0000/s1. The Morgan fingerprint density at radius 2 is 0.808 bits per heavy atom. The Kier molecular flexibility index (Phi) is 31.8. The van der Waals surface area contributed by atoms with Crippen molar-refractivity contribution in [3.63, 3.8) is 0 Å². The minimum atomic E-state index is -3.00. The molecule has 0 saturated heterocycles. The summed E-state index contributed by atoms with van der Waals surface area (Å²) in [5, 5.41) is 24.7. The minimum Gasteiger partial charge on any atom is -0.475 e. The third kappa shape index (κ3) is 24.6. The first-order valence-electron chi connectivity index (χ1n) is 37.6. The molecule has 630 valence electrons. The molecule has 0 aromatic carbocycles. The van der Waals surface area contributed by atoms with Crippen molar-refractivity contribution in [1.29, 1.82) is 0 Å². The molecule has 0 aliphatic rings. The van der Waals surface area contributed by atoms with Gasteiger partial charge in [-0.2, -0.15) is 35.4 Å². The fourth-order valence-corrected chi connectivity index (χ4v) is 11.7. The Labute approximate surface area is 691 Å². The van der Waals surface area contributed by atoms with Crippen LogP contribution in [-0.2, 0) is 17.8 Å². The SMILES string of the molecule is CCN(C(=O)c1cc(Cl)cnc1-n1nccn1)[C@@H](C)COc1ccc(C(C)(F)F)cn1.CCN(C(=O)c1cc(F)cnc1-c1ncccn1)[C@@H](C)COc1ccc(C(C)(F)F)cn1.CCN(C(=O)c1cnccc1-n1nccn1)[C@@H](C)COc1ccc(C(C)(F)F)cn1.CCN(C(=O)c1ncccc1-n1nccn1)[C@@H](C)COc1ccc(C)cn1. The number of nitrogens with zero attached hydrogens (tertiary/aromatic N) is 23. The first kappa shape index (κ1) is 90.5. The van der Waals surface area contributed by atoms with Crippen LogP contribution in [-0.4, -0.2) is 215 Å². The lowest BCUT2D eigenvalue weighted by Gasteiger charge is -2.28.